The van der Waals surface area contributed by atoms with Crippen molar-refractivity contribution in [3.05, 3.63) is 58.1 Å². The Bertz CT molecular complexity index is 543. The quantitative estimate of drug-likeness (QED) is 0.778. The highest BCUT2D eigenvalue weighted by molar-refractivity contribution is 6.31. The lowest BCUT2D eigenvalue weighted by atomic mass is 10.2. The molecule has 0 bridgehead atoms. The highest BCUT2D eigenvalue weighted by atomic mass is 35.5. The molecule has 0 saturated heterocycles. The molecule has 0 unspecified atom stereocenters. The van der Waals surface area contributed by atoms with Crippen molar-refractivity contribution in [2.24, 2.45) is 0 Å². The number of rotatable bonds is 2. The Labute approximate surface area is 126 Å². The van der Waals surface area contributed by atoms with Crippen LogP contribution < -0.4 is 9.47 Å². The van der Waals surface area contributed by atoms with Crippen molar-refractivity contribution in [1.29, 1.82) is 0 Å². The van der Waals surface area contributed by atoms with Gasteiger partial charge < -0.3 is 9.47 Å². The van der Waals surface area contributed by atoms with E-state index in [2.05, 4.69) is 6.07 Å². The third-order valence-corrected chi connectivity index (χ3v) is 3.23. The molecule has 3 heteroatoms. The van der Waals surface area contributed by atoms with E-state index in [1.165, 1.54) is 5.56 Å². The Hall–Kier alpha value is -1.67. The number of methoxy groups -OCH3 is 2. The van der Waals surface area contributed by atoms with E-state index in [0.717, 1.165) is 27.6 Å². The first kappa shape index (κ1) is 16.4. The van der Waals surface area contributed by atoms with Crippen LogP contribution in [-0.2, 0) is 0 Å². The minimum absolute atomic E-state index is 0.835. The predicted molar refractivity (Wildman–Crippen MR) is 85.2 cm³/mol. The largest absolute Gasteiger partial charge is 0.497 e. The van der Waals surface area contributed by atoms with Crippen molar-refractivity contribution in [1.82, 2.24) is 0 Å². The van der Waals surface area contributed by atoms with Gasteiger partial charge in [-0.3, -0.25) is 0 Å². The monoisotopic (exact) mass is 292 g/mol. The number of halogens is 1. The molecule has 0 fully saturated rings. The molecule has 0 saturated carbocycles. The van der Waals surface area contributed by atoms with E-state index >= 15 is 0 Å². The molecule has 0 N–H and O–H groups in total. The standard InChI is InChI=1S/C9H12O2.C8H9Cl/c1-7-4-8(10-2)6-9(5-7)11-3;1-6-3-4-7(2)8(9)5-6/h4-6H,1-3H3;3-5H,1-2H3. The number of hydrogen-bond donors (Lipinski definition) is 0. The van der Waals surface area contributed by atoms with Crippen molar-refractivity contribution >= 4 is 11.6 Å². The SMILES string of the molecule is COc1cc(C)cc(OC)c1.Cc1ccc(C)c(Cl)c1. The number of benzene rings is 2. The molecule has 0 aliphatic carbocycles. The molecular weight excluding hydrogens is 272 g/mol. The molecule has 0 radical (unpaired) electrons. The molecule has 108 valence electrons. The molecule has 2 rings (SSSR count). The van der Waals surface area contributed by atoms with E-state index < -0.39 is 0 Å². The van der Waals surface area contributed by atoms with Gasteiger partial charge in [-0.1, -0.05) is 23.7 Å². The Morgan fingerprint density at radius 3 is 1.70 bits per heavy atom. The smallest absolute Gasteiger partial charge is 0.122 e. The summed E-state index contributed by atoms with van der Waals surface area (Å²) in [5, 5.41) is 0.856. The van der Waals surface area contributed by atoms with Crippen LogP contribution in [0.3, 0.4) is 0 Å². The Morgan fingerprint density at radius 2 is 1.30 bits per heavy atom. The fourth-order valence-electron chi connectivity index (χ4n) is 1.65. The molecule has 0 aliphatic heterocycles. The maximum absolute atomic E-state index is 5.81. The van der Waals surface area contributed by atoms with Crippen LogP contribution in [0.5, 0.6) is 11.5 Å². The number of ether oxygens (including phenoxy) is 2. The van der Waals surface area contributed by atoms with Crippen molar-refractivity contribution in [3.8, 4) is 11.5 Å². The minimum atomic E-state index is 0.835. The second-order valence-corrected chi connectivity index (χ2v) is 5.05. The van der Waals surface area contributed by atoms with Crippen molar-refractivity contribution in [2.45, 2.75) is 20.8 Å². The van der Waals surface area contributed by atoms with Crippen LogP contribution in [0.15, 0.2) is 36.4 Å². The van der Waals surface area contributed by atoms with E-state index in [1.54, 1.807) is 14.2 Å². The zero-order chi connectivity index (χ0) is 15.1. The van der Waals surface area contributed by atoms with Gasteiger partial charge in [-0.25, -0.2) is 0 Å². The molecule has 20 heavy (non-hydrogen) atoms. The second-order valence-electron chi connectivity index (χ2n) is 4.64. The normalized spacial score (nSPS) is 9.50. The molecule has 0 atom stereocenters. The van der Waals surface area contributed by atoms with Gasteiger partial charge in [0, 0.05) is 11.1 Å². The molecule has 2 nitrogen and oxygen atoms in total. The minimum Gasteiger partial charge on any atom is -0.497 e. The predicted octanol–water partition coefficient (Wildman–Crippen LogP) is 4.97. The zero-order valence-corrected chi connectivity index (χ0v) is 13.4. The van der Waals surface area contributed by atoms with Crippen LogP contribution in [0.4, 0.5) is 0 Å². The average molecular weight is 293 g/mol. The molecule has 2 aromatic rings. The molecule has 0 heterocycles. The first-order valence-corrected chi connectivity index (χ1v) is 6.76. The van der Waals surface area contributed by atoms with Gasteiger partial charge >= 0.3 is 0 Å². The van der Waals surface area contributed by atoms with E-state index in [-0.39, 0.29) is 0 Å². The van der Waals surface area contributed by atoms with Gasteiger partial charge in [0.05, 0.1) is 14.2 Å². The Balaban J connectivity index is 0.000000204. The van der Waals surface area contributed by atoms with E-state index in [4.69, 9.17) is 21.1 Å². The summed E-state index contributed by atoms with van der Waals surface area (Å²) >= 11 is 5.81. The average Bonchev–Trinajstić information content (AvgIpc) is 2.43. The summed E-state index contributed by atoms with van der Waals surface area (Å²) in [7, 11) is 3.29. The first-order chi connectivity index (χ1) is 9.46. The van der Waals surface area contributed by atoms with Gasteiger partial charge in [-0.2, -0.15) is 0 Å². The molecule has 0 spiro atoms. The van der Waals surface area contributed by atoms with E-state index in [9.17, 15) is 0 Å². The van der Waals surface area contributed by atoms with Crippen molar-refractivity contribution in [2.75, 3.05) is 14.2 Å². The van der Waals surface area contributed by atoms with Gasteiger partial charge in [0.2, 0.25) is 0 Å². The fraction of sp³-hybridized carbons (Fsp3) is 0.294. The van der Waals surface area contributed by atoms with Crippen molar-refractivity contribution in [3.63, 3.8) is 0 Å². The highest BCUT2D eigenvalue weighted by Crippen LogP contribution is 2.21. The van der Waals surface area contributed by atoms with Crippen LogP contribution in [0.1, 0.15) is 16.7 Å². The maximum Gasteiger partial charge on any atom is 0.122 e. The number of hydrogen-bond acceptors (Lipinski definition) is 2. The summed E-state index contributed by atoms with van der Waals surface area (Å²) in [5.74, 6) is 1.67. The zero-order valence-electron chi connectivity index (χ0n) is 12.7. The van der Waals surface area contributed by atoms with E-state index in [0.29, 0.717) is 0 Å². The fourth-order valence-corrected chi connectivity index (χ4v) is 1.88. The summed E-state index contributed by atoms with van der Waals surface area (Å²) < 4.78 is 10.1. The molecular formula is C17H21ClO2. The molecule has 0 amide bonds. The van der Waals surface area contributed by atoms with Crippen LogP contribution in [0.2, 0.25) is 5.02 Å². The third-order valence-electron chi connectivity index (χ3n) is 2.82. The Morgan fingerprint density at radius 1 is 0.750 bits per heavy atom. The maximum atomic E-state index is 5.81. The van der Waals surface area contributed by atoms with E-state index in [1.807, 2.05) is 51.1 Å². The number of aryl methyl sites for hydroxylation is 3. The Kier molecular flexibility index (Phi) is 6.40. The molecule has 2 aromatic carbocycles. The van der Waals surface area contributed by atoms with Crippen LogP contribution >= 0.6 is 11.6 Å². The summed E-state index contributed by atoms with van der Waals surface area (Å²) in [6, 6.07) is 11.8. The van der Waals surface area contributed by atoms with Gasteiger partial charge in [-0.15, -0.1) is 0 Å². The summed E-state index contributed by atoms with van der Waals surface area (Å²) in [6.45, 7) is 6.04. The lowest BCUT2D eigenvalue weighted by Crippen LogP contribution is -1.87. The summed E-state index contributed by atoms with van der Waals surface area (Å²) in [5.41, 5.74) is 3.49. The molecule has 0 aliphatic rings. The van der Waals surface area contributed by atoms with Crippen LogP contribution in [-0.4, -0.2) is 14.2 Å². The topological polar surface area (TPSA) is 18.5 Å². The summed E-state index contributed by atoms with van der Waals surface area (Å²) in [6.07, 6.45) is 0. The third kappa shape index (κ3) is 5.14. The van der Waals surface area contributed by atoms with Gasteiger partial charge in [0.1, 0.15) is 11.5 Å². The van der Waals surface area contributed by atoms with Gasteiger partial charge in [0.25, 0.3) is 0 Å². The highest BCUT2D eigenvalue weighted by Gasteiger charge is 1.96. The van der Waals surface area contributed by atoms with Crippen LogP contribution in [0, 0.1) is 20.8 Å². The van der Waals surface area contributed by atoms with Gasteiger partial charge in [0.15, 0.2) is 0 Å². The lowest BCUT2D eigenvalue weighted by molar-refractivity contribution is 0.394. The lowest BCUT2D eigenvalue weighted by Gasteiger charge is -2.04. The first-order valence-electron chi connectivity index (χ1n) is 6.38. The summed E-state index contributed by atoms with van der Waals surface area (Å²) in [4.78, 5) is 0. The second kappa shape index (κ2) is 7.81. The molecule has 0 aromatic heterocycles. The van der Waals surface area contributed by atoms with Crippen molar-refractivity contribution < 1.29 is 9.47 Å². The van der Waals surface area contributed by atoms with Gasteiger partial charge in [-0.05, 0) is 55.7 Å². The van der Waals surface area contributed by atoms with Crippen LogP contribution in [0.25, 0.3) is 0 Å².